The van der Waals surface area contributed by atoms with Crippen LogP contribution in [0.15, 0.2) is 6.20 Å². The van der Waals surface area contributed by atoms with Gasteiger partial charge in [-0.15, -0.1) is 0 Å². The fourth-order valence-electron chi connectivity index (χ4n) is 2.35. The van der Waals surface area contributed by atoms with E-state index in [2.05, 4.69) is 24.1 Å². The fourth-order valence-corrected chi connectivity index (χ4v) is 2.35. The molecule has 0 aliphatic carbocycles. The average molecular weight is 265 g/mol. The van der Waals surface area contributed by atoms with Gasteiger partial charge < -0.3 is 5.32 Å². The monoisotopic (exact) mass is 265 g/mol. The van der Waals surface area contributed by atoms with E-state index in [1.54, 1.807) is 20.0 Å². The van der Waals surface area contributed by atoms with Crippen LogP contribution in [0.2, 0.25) is 0 Å². The Morgan fingerprint density at radius 3 is 2.63 bits per heavy atom. The Hall–Kier alpha value is -1.49. The fraction of sp³-hybridized carbons (Fsp3) is 0.643. The predicted molar refractivity (Wildman–Crippen MR) is 76.4 cm³/mol. The van der Waals surface area contributed by atoms with E-state index < -0.39 is 0 Å². The van der Waals surface area contributed by atoms with Crippen LogP contribution in [0, 0.1) is 24.0 Å². The lowest BCUT2D eigenvalue weighted by molar-refractivity contribution is -0.386. The summed E-state index contributed by atoms with van der Waals surface area (Å²) in [6.07, 6.45) is 4.40. The quantitative estimate of drug-likeness (QED) is 0.608. The van der Waals surface area contributed by atoms with Crippen LogP contribution in [-0.4, -0.2) is 22.5 Å². The number of pyridine rings is 1. The van der Waals surface area contributed by atoms with Gasteiger partial charge in [0.05, 0.1) is 10.6 Å². The Balaban J connectivity index is 2.85. The first kappa shape index (κ1) is 15.6. The summed E-state index contributed by atoms with van der Waals surface area (Å²) in [6.45, 7) is 8.70. The van der Waals surface area contributed by atoms with Crippen LogP contribution < -0.4 is 5.32 Å². The molecule has 0 bridgehead atoms. The predicted octanol–water partition coefficient (Wildman–Crippen LogP) is 2.93. The number of aromatic nitrogens is 1. The standard InChI is InChI=1S/C14H23N3O2/c1-5-12(15-6-2)7-8-13-11(4)14(17(18)19)10(3)9-16-13/h9,12,15H,5-8H2,1-4H3. The Morgan fingerprint density at radius 1 is 1.42 bits per heavy atom. The van der Waals surface area contributed by atoms with Gasteiger partial charge in [0.1, 0.15) is 0 Å². The van der Waals surface area contributed by atoms with Gasteiger partial charge in [-0.25, -0.2) is 0 Å². The first-order valence-electron chi connectivity index (χ1n) is 6.84. The number of hydrogen-bond acceptors (Lipinski definition) is 4. The molecule has 0 fully saturated rings. The van der Waals surface area contributed by atoms with E-state index in [0.29, 0.717) is 17.2 Å². The third kappa shape index (κ3) is 3.99. The second-order valence-electron chi connectivity index (χ2n) is 4.82. The number of aryl methyl sites for hydroxylation is 2. The van der Waals surface area contributed by atoms with Crippen molar-refractivity contribution in [3.8, 4) is 0 Å². The van der Waals surface area contributed by atoms with Gasteiger partial charge in [0.2, 0.25) is 0 Å². The minimum Gasteiger partial charge on any atom is -0.314 e. The van der Waals surface area contributed by atoms with Crippen LogP contribution in [0.25, 0.3) is 0 Å². The molecule has 0 aromatic carbocycles. The Kier molecular flexibility index (Phi) is 5.89. The Morgan fingerprint density at radius 2 is 2.11 bits per heavy atom. The van der Waals surface area contributed by atoms with E-state index >= 15 is 0 Å². The molecule has 1 heterocycles. The van der Waals surface area contributed by atoms with Crippen molar-refractivity contribution in [2.45, 2.75) is 53.0 Å². The maximum Gasteiger partial charge on any atom is 0.278 e. The van der Waals surface area contributed by atoms with Crippen molar-refractivity contribution in [2.24, 2.45) is 0 Å². The SMILES string of the molecule is CCNC(CC)CCc1ncc(C)c([N+](=O)[O-])c1C. The van der Waals surface area contributed by atoms with Gasteiger partial charge in [-0.3, -0.25) is 15.1 Å². The molecule has 0 radical (unpaired) electrons. The van der Waals surface area contributed by atoms with Crippen LogP contribution in [0.4, 0.5) is 5.69 Å². The number of hydrogen-bond donors (Lipinski definition) is 1. The lowest BCUT2D eigenvalue weighted by Crippen LogP contribution is -2.28. The van der Waals surface area contributed by atoms with Crippen molar-refractivity contribution in [3.63, 3.8) is 0 Å². The van der Waals surface area contributed by atoms with Gasteiger partial charge in [0.25, 0.3) is 5.69 Å². The van der Waals surface area contributed by atoms with Crippen LogP contribution in [0.5, 0.6) is 0 Å². The van der Waals surface area contributed by atoms with Gasteiger partial charge >= 0.3 is 0 Å². The van der Waals surface area contributed by atoms with Gasteiger partial charge in [0.15, 0.2) is 0 Å². The summed E-state index contributed by atoms with van der Waals surface area (Å²) < 4.78 is 0. The summed E-state index contributed by atoms with van der Waals surface area (Å²) in [6, 6.07) is 0.451. The summed E-state index contributed by atoms with van der Waals surface area (Å²) in [7, 11) is 0. The zero-order chi connectivity index (χ0) is 14.4. The lowest BCUT2D eigenvalue weighted by Gasteiger charge is -2.16. The van der Waals surface area contributed by atoms with Crippen molar-refractivity contribution in [3.05, 3.63) is 33.1 Å². The summed E-state index contributed by atoms with van der Waals surface area (Å²) >= 11 is 0. The van der Waals surface area contributed by atoms with Crippen LogP contribution in [0.3, 0.4) is 0 Å². The molecule has 19 heavy (non-hydrogen) atoms. The maximum absolute atomic E-state index is 11.1. The molecule has 1 atom stereocenters. The topological polar surface area (TPSA) is 68.1 Å². The molecule has 0 aliphatic heterocycles. The highest BCUT2D eigenvalue weighted by atomic mass is 16.6. The normalized spacial score (nSPS) is 12.4. The molecule has 1 rings (SSSR count). The highest BCUT2D eigenvalue weighted by Gasteiger charge is 2.19. The third-order valence-corrected chi connectivity index (χ3v) is 3.47. The number of nitrogens with zero attached hydrogens (tertiary/aromatic N) is 2. The zero-order valence-electron chi connectivity index (χ0n) is 12.2. The van der Waals surface area contributed by atoms with Gasteiger partial charge in [-0.2, -0.15) is 0 Å². The number of nitrogens with one attached hydrogen (secondary N) is 1. The van der Waals surface area contributed by atoms with Crippen molar-refractivity contribution in [1.29, 1.82) is 0 Å². The molecule has 0 saturated carbocycles. The van der Waals surface area contributed by atoms with E-state index in [0.717, 1.165) is 31.5 Å². The Labute approximate surface area is 114 Å². The summed E-state index contributed by atoms with van der Waals surface area (Å²) in [5.41, 5.74) is 2.39. The lowest BCUT2D eigenvalue weighted by atomic mass is 10.0. The van der Waals surface area contributed by atoms with Crippen LogP contribution >= 0.6 is 0 Å². The van der Waals surface area contributed by atoms with Gasteiger partial charge in [-0.1, -0.05) is 13.8 Å². The molecule has 0 amide bonds. The molecular formula is C14H23N3O2. The molecule has 1 aromatic rings. The molecule has 0 spiro atoms. The van der Waals surface area contributed by atoms with Crippen molar-refractivity contribution < 1.29 is 4.92 Å². The van der Waals surface area contributed by atoms with E-state index in [1.807, 2.05) is 0 Å². The molecule has 1 unspecified atom stereocenters. The molecule has 1 aromatic heterocycles. The first-order valence-corrected chi connectivity index (χ1v) is 6.84. The Bertz CT molecular complexity index is 447. The van der Waals surface area contributed by atoms with Crippen molar-refractivity contribution >= 4 is 5.69 Å². The molecule has 0 saturated heterocycles. The van der Waals surface area contributed by atoms with E-state index in [9.17, 15) is 10.1 Å². The zero-order valence-corrected chi connectivity index (χ0v) is 12.2. The minimum atomic E-state index is -0.308. The molecule has 5 heteroatoms. The molecular weight excluding hydrogens is 242 g/mol. The van der Waals surface area contributed by atoms with Crippen molar-refractivity contribution in [2.75, 3.05) is 6.54 Å². The summed E-state index contributed by atoms with van der Waals surface area (Å²) in [5, 5.41) is 14.5. The van der Waals surface area contributed by atoms with E-state index in [1.165, 1.54) is 0 Å². The van der Waals surface area contributed by atoms with Crippen molar-refractivity contribution in [1.82, 2.24) is 10.3 Å². The second kappa shape index (κ2) is 7.19. The highest BCUT2D eigenvalue weighted by Crippen LogP contribution is 2.25. The number of rotatable bonds is 7. The maximum atomic E-state index is 11.1. The third-order valence-electron chi connectivity index (χ3n) is 3.47. The van der Waals surface area contributed by atoms with Crippen LogP contribution in [0.1, 0.15) is 43.5 Å². The molecule has 0 aliphatic rings. The summed E-state index contributed by atoms with van der Waals surface area (Å²) in [4.78, 5) is 15.1. The van der Waals surface area contributed by atoms with Crippen LogP contribution in [-0.2, 0) is 6.42 Å². The summed E-state index contributed by atoms with van der Waals surface area (Å²) in [5.74, 6) is 0. The minimum absolute atomic E-state index is 0.210. The largest absolute Gasteiger partial charge is 0.314 e. The van der Waals surface area contributed by atoms with E-state index in [-0.39, 0.29) is 10.6 Å². The van der Waals surface area contributed by atoms with Gasteiger partial charge in [-0.05, 0) is 39.7 Å². The first-order chi connectivity index (χ1) is 9.01. The second-order valence-corrected chi connectivity index (χ2v) is 4.82. The smallest absolute Gasteiger partial charge is 0.278 e. The molecule has 1 N–H and O–H groups in total. The van der Waals surface area contributed by atoms with E-state index in [4.69, 9.17) is 0 Å². The average Bonchev–Trinajstić information content (AvgIpc) is 2.36. The highest BCUT2D eigenvalue weighted by molar-refractivity contribution is 5.47. The molecule has 5 nitrogen and oxygen atoms in total. The number of nitro groups is 1. The molecule has 106 valence electrons. The van der Waals surface area contributed by atoms with Gasteiger partial charge in [0, 0.05) is 23.4 Å².